The van der Waals surface area contributed by atoms with Crippen molar-refractivity contribution in [1.29, 1.82) is 0 Å². The Balaban J connectivity index is 1.84. The van der Waals surface area contributed by atoms with Gasteiger partial charge in [-0.1, -0.05) is 17.2 Å². The molecule has 3 rings (SSSR count). The van der Waals surface area contributed by atoms with Crippen molar-refractivity contribution < 1.29 is 8.83 Å². The van der Waals surface area contributed by atoms with Crippen molar-refractivity contribution in [3.63, 3.8) is 0 Å². The Hall–Kier alpha value is -2.63. The van der Waals surface area contributed by atoms with E-state index in [0.717, 1.165) is 11.1 Å². The SMILES string of the molecule is CN(C)c1nnc(/C=C/c2nc3ccccc3o2)o1. The number of benzene rings is 1. The van der Waals surface area contributed by atoms with Crippen LogP contribution in [0.3, 0.4) is 0 Å². The first-order valence-electron chi connectivity index (χ1n) is 5.77. The van der Waals surface area contributed by atoms with E-state index in [1.807, 2.05) is 38.4 Å². The van der Waals surface area contributed by atoms with Crippen LogP contribution in [0.4, 0.5) is 6.01 Å². The summed E-state index contributed by atoms with van der Waals surface area (Å²) in [6.07, 6.45) is 3.37. The van der Waals surface area contributed by atoms with Crippen LogP contribution in [0.1, 0.15) is 11.8 Å². The molecule has 0 aliphatic heterocycles. The van der Waals surface area contributed by atoms with Gasteiger partial charge in [-0.15, -0.1) is 5.10 Å². The van der Waals surface area contributed by atoms with E-state index >= 15 is 0 Å². The van der Waals surface area contributed by atoms with Gasteiger partial charge in [-0.3, -0.25) is 0 Å². The van der Waals surface area contributed by atoms with E-state index in [-0.39, 0.29) is 0 Å². The van der Waals surface area contributed by atoms with Gasteiger partial charge in [-0.05, 0) is 12.1 Å². The van der Waals surface area contributed by atoms with Crippen molar-refractivity contribution >= 4 is 29.3 Å². The molecule has 19 heavy (non-hydrogen) atoms. The minimum atomic E-state index is 0.408. The molecule has 0 aliphatic rings. The van der Waals surface area contributed by atoms with Gasteiger partial charge in [-0.25, -0.2) is 4.98 Å². The Morgan fingerprint density at radius 1 is 1.00 bits per heavy atom. The molecular weight excluding hydrogens is 244 g/mol. The third-order valence-corrected chi connectivity index (χ3v) is 2.49. The summed E-state index contributed by atoms with van der Waals surface area (Å²) >= 11 is 0. The lowest BCUT2D eigenvalue weighted by Gasteiger charge is -2.02. The van der Waals surface area contributed by atoms with Crippen molar-refractivity contribution in [3.8, 4) is 0 Å². The minimum Gasteiger partial charge on any atom is -0.437 e. The molecule has 0 spiro atoms. The van der Waals surface area contributed by atoms with Gasteiger partial charge in [0.15, 0.2) is 5.58 Å². The molecule has 96 valence electrons. The summed E-state index contributed by atoms with van der Waals surface area (Å²) in [7, 11) is 3.67. The van der Waals surface area contributed by atoms with Crippen LogP contribution >= 0.6 is 0 Å². The summed E-state index contributed by atoms with van der Waals surface area (Å²) in [5.74, 6) is 0.914. The molecule has 0 radical (unpaired) electrons. The number of hydrogen-bond acceptors (Lipinski definition) is 6. The molecule has 6 heteroatoms. The number of rotatable bonds is 3. The van der Waals surface area contributed by atoms with E-state index in [9.17, 15) is 0 Å². The highest BCUT2D eigenvalue weighted by Gasteiger charge is 2.05. The van der Waals surface area contributed by atoms with E-state index in [2.05, 4.69) is 15.2 Å². The fraction of sp³-hybridized carbons (Fsp3) is 0.154. The maximum atomic E-state index is 5.55. The Morgan fingerprint density at radius 3 is 2.53 bits per heavy atom. The number of oxazole rings is 1. The summed E-state index contributed by atoms with van der Waals surface area (Å²) < 4.78 is 10.9. The van der Waals surface area contributed by atoms with Crippen molar-refractivity contribution in [2.45, 2.75) is 0 Å². The molecule has 2 aromatic heterocycles. The van der Waals surface area contributed by atoms with Gasteiger partial charge >= 0.3 is 6.01 Å². The summed E-state index contributed by atoms with van der Waals surface area (Å²) in [6, 6.07) is 8.04. The molecule has 0 aliphatic carbocycles. The van der Waals surface area contributed by atoms with Crippen LogP contribution in [0.15, 0.2) is 33.1 Å². The summed E-state index contributed by atoms with van der Waals surface area (Å²) in [6.45, 7) is 0. The highest BCUT2D eigenvalue weighted by Crippen LogP contribution is 2.17. The summed E-state index contributed by atoms with van der Waals surface area (Å²) in [5, 5.41) is 7.77. The largest absolute Gasteiger partial charge is 0.437 e. The molecule has 3 aromatic rings. The molecule has 0 unspecified atom stereocenters. The van der Waals surface area contributed by atoms with E-state index in [1.54, 1.807) is 17.1 Å². The van der Waals surface area contributed by atoms with Crippen LogP contribution in [0.5, 0.6) is 0 Å². The van der Waals surface area contributed by atoms with Crippen molar-refractivity contribution in [2.75, 3.05) is 19.0 Å². The summed E-state index contributed by atoms with van der Waals surface area (Å²) in [5.41, 5.74) is 1.57. The standard InChI is InChI=1S/C13H12N4O2/c1-17(2)13-16-15-12(19-13)8-7-11-14-9-5-3-4-6-10(9)18-11/h3-8H,1-2H3/b8-7+. The summed E-state index contributed by atoms with van der Waals surface area (Å²) in [4.78, 5) is 6.06. The smallest absolute Gasteiger partial charge is 0.317 e. The minimum absolute atomic E-state index is 0.408. The lowest BCUT2D eigenvalue weighted by atomic mass is 10.3. The number of hydrogen-bond donors (Lipinski definition) is 0. The number of para-hydroxylation sites is 2. The Bertz CT molecular complexity index is 694. The maximum Gasteiger partial charge on any atom is 0.317 e. The Labute approximate surface area is 109 Å². The second kappa shape index (κ2) is 4.56. The number of fused-ring (bicyclic) bond motifs is 1. The molecule has 0 atom stereocenters. The maximum absolute atomic E-state index is 5.55. The predicted octanol–water partition coefficient (Wildman–Crippen LogP) is 2.45. The van der Waals surface area contributed by atoms with Gasteiger partial charge in [-0.2, -0.15) is 0 Å². The lowest BCUT2D eigenvalue weighted by Crippen LogP contribution is -2.08. The first-order valence-corrected chi connectivity index (χ1v) is 5.77. The molecule has 0 saturated carbocycles. The number of anilines is 1. The van der Waals surface area contributed by atoms with Crippen LogP contribution in [0, 0.1) is 0 Å². The van der Waals surface area contributed by atoms with Gasteiger partial charge in [0.25, 0.3) is 0 Å². The van der Waals surface area contributed by atoms with Gasteiger partial charge in [0.05, 0.1) is 0 Å². The topological polar surface area (TPSA) is 68.2 Å². The van der Waals surface area contributed by atoms with Crippen LogP contribution in [0.25, 0.3) is 23.3 Å². The van der Waals surface area contributed by atoms with Crippen LogP contribution < -0.4 is 4.90 Å². The first kappa shape index (κ1) is 11.5. The van der Waals surface area contributed by atoms with Crippen LogP contribution in [-0.4, -0.2) is 29.3 Å². The molecule has 0 bridgehead atoms. The highest BCUT2D eigenvalue weighted by molar-refractivity contribution is 5.75. The Kier molecular flexibility index (Phi) is 2.75. The molecule has 2 heterocycles. The molecule has 1 aromatic carbocycles. The third-order valence-electron chi connectivity index (χ3n) is 2.49. The first-order chi connectivity index (χ1) is 9.22. The number of nitrogens with zero attached hydrogens (tertiary/aromatic N) is 4. The van der Waals surface area contributed by atoms with E-state index in [0.29, 0.717) is 17.8 Å². The fourth-order valence-electron chi connectivity index (χ4n) is 1.58. The third kappa shape index (κ3) is 2.33. The lowest BCUT2D eigenvalue weighted by molar-refractivity contribution is 0.541. The second-order valence-corrected chi connectivity index (χ2v) is 4.17. The molecule has 0 fully saturated rings. The highest BCUT2D eigenvalue weighted by atomic mass is 16.4. The van der Waals surface area contributed by atoms with Gasteiger partial charge < -0.3 is 13.7 Å². The van der Waals surface area contributed by atoms with E-state index in [4.69, 9.17) is 8.83 Å². The quantitative estimate of drug-likeness (QED) is 0.717. The van der Waals surface area contributed by atoms with Gasteiger partial charge in [0, 0.05) is 26.2 Å². The number of aromatic nitrogens is 3. The zero-order chi connectivity index (χ0) is 13.2. The molecular formula is C13H12N4O2. The monoisotopic (exact) mass is 256 g/mol. The van der Waals surface area contributed by atoms with Crippen molar-refractivity contribution in [2.24, 2.45) is 0 Å². The van der Waals surface area contributed by atoms with Crippen molar-refractivity contribution in [1.82, 2.24) is 15.2 Å². The van der Waals surface area contributed by atoms with Crippen molar-refractivity contribution in [3.05, 3.63) is 36.0 Å². The van der Waals surface area contributed by atoms with Gasteiger partial charge in [0.1, 0.15) is 5.52 Å². The second-order valence-electron chi connectivity index (χ2n) is 4.17. The average Bonchev–Trinajstić information content (AvgIpc) is 3.02. The molecule has 0 N–H and O–H groups in total. The Morgan fingerprint density at radius 2 is 1.79 bits per heavy atom. The fourth-order valence-corrected chi connectivity index (χ4v) is 1.58. The van der Waals surface area contributed by atoms with Gasteiger partial charge in [0.2, 0.25) is 11.8 Å². The zero-order valence-electron chi connectivity index (χ0n) is 10.6. The van der Waals surface area contributed by atoms with E-state index in [1.165, 1.54) is 0 Å². The molecule has 6 nitrogen and oxygen atoms in total. The predicted molar refractivity (Wildman–Crippen MR) is 71.6 cm³/mol. The molecule has 0 saturated heterocycles. The zero-order valence-corrected chi connectivity index (χ0v) is 10.6. The van der Waals surface area contributed by atoms with Crippen LogP contribution in [0.2, 0.25) is 0 Å². The normalized spacial score (nSPS) is 11.5. The average molecular weight is 256 g/mol. The van der Waals surface area contributed by atoms with E-state index < -0.39 is 0 Å². The van der Waals surface area contributed by atoms with Crippen LogP contribution in [-0.2, 0) is 0 Å². The molecule has 0 amide bonds.